The van der Waals surface area contributed by atoms with Crippen molar-refractivity contribution < 1.29 is 14.3 Å². The van der Waals surface area contributed by atoms with Gasteiger partial charge in [0.1, 0.15) is 10.1 Å². The van der Waals surface area contributed by atoms with Gasteiger partial charge in [-0.3, -0.25) is 9.69 Å². The van der Waals surface area contributed by atoms with Gasteiger partial charge in [0, 0.05) is 16.6 Å². The number of carbonyl (C=O) groups excluding carboxylic acids is 1. The summed E-state index contributed by atoms with van der Waals surface area (Å²) in [6.45, 7) is 1.29. The van der Waals surface area contributed by atoms with Gasteiger partial charge in [0.05, 0.1) is 29.1 Å². The van der Waals surface area contributed by atoms with Crippen molar-refractivity contribution in [3.05, 3.63) is 31.5 Å². The highest BCUT2D eigenvalue weighted by atomic mass is 79.9. The summed E-state index contributed by atoms with van der Waals surface area (Å²) in [5.74, 6) is 0.612. The number of hydrogen-bond donors (Lipinski definition) is 0. The highest BCUT2D eigenvalue weighted by molar-refractivity contribution is 9.11. The molecule has 0 spiro atoms. The fourth-order valence-electron chi connectivity index (χ4n) is 2.69. The molecule has 1 atom stereocenters. The first kappa shape index (κ1) is 18.4. The van der Waals surface area contributed by atoms with Crippen LogP contribution in [-0.2, 0) is 9.53 Å². The number of hydrogen-bond acceptors (Lipinski definition) is 5. The van der Waals surface area contributed by atoms with E-state index in [1.807, 2.05) is 18.2 Å². The maximum absolute atomic E-state index is 12.7. The van der Waals surface area contributed by atoms with Crippen LogP contribution >= 0.6 is 55.8 Å². The fourth-order valence-corrected chi connectivity index (χ4v) is 5.38. The van der Waals surface area contributed by atoms with Crippen molar-refractivity contribution in [2.24, 2.45) is 0 Å². The van der Waals surface area contributed by atoms with Gasteiger partial charge in [-0.1, -0.05) is 39.9 Å². The standard InChI is InChI=1S/C16H15Br2NO3S2/c1-21-14-9(5-10(17)7-12(14)18)6-13-15(20)19(16(23)24-13)8-11-3-2-4-22-11/h5-7,11H,2-4,8H2,1H3/b13-6-/t11-/m0/s1. The van der Waals surface area contributed by atoms with E-state index in [9.17, 15) is 4.79 Å². The van der Waals surface area contributed by atoms with Gasteiger partial charge in [-0.25, -0.2) is 0 Å². The number of amides is 1. The van der Waals surface area contributed by atoms with Crippen molar-refractivity contribution in [2.45, 2.75) is 18.9 Å². The maximum Gasteiger partial charge on any atom is 0.266 e. The Morgan fingerprint density at radius 2 is 2.29 bits per heavy atom. The summed E-state index contributed by atoms with van der Waals surface area (Å²) in [4.78, 5) is 14.9. The normalized spacial score (nSPS) is 22.7. The molecule has 0 N–H and O–H groups in total. The van der Waals surface area contributed by atoms with Crippen molar-refractivity contribution in [3.63, 3.8) is 0 Å². The Labute approximate surface area is 167 Å². The van der Waals surface area contributed by atoms with Crippen LogP contribution in [0.25, 0.3) is 6.08 Å². The number of halogens is 2. The van der Waals surface area contributed by atoms with Crippen LogP contribution in [0.2, 0.25) is 0 Å². The van der Waals surface area contributed by atoms with E-state index in [0.29, 0.717) is 21.5 Å². The molecular weight excluding hydrogens is 478 g/mol. The van der Waals surface area contributed by atoms with Gasteiger partial charge in [0.15, 0.2) is 0 Å². The Morgan fingerprint density at radius 1 is 1.50 bits per heavy atom. The van der Waals surface area contributed by atoms with Gasteiger partial charge in [-0.05, 0) is 47.0 Å². The lowest BCUT2D eigenvalue weighted by atomic mass is 10.2. The molecular formula is C16H15Br2NO3S2. The average Bonchev–Trinajstić information content (AvgIpc) is 3.11. The molecule has 1 aromatic carbocycles. The zero-order chi connectivity index (χ0) is 17.3. The lowest BCUT2D eigenvalue weighted by Gasteiger charge is -2.18. The van der Waals surface area contributed by atoms with Crippen molar-refractivity contribution in [2.75, 3.05) is 20.3 Å². The molecule has 2 aliphatic heterocycles. The Bertz CT molecular complexity index is 718. The van der Waals surface area contributed by atoms with E-state index in [0.717, 1.165) is 34.0 Å². The van der Waals surface area contributed by atoms with Gasteiger partial charge in [-0.15, -0.1) is 0 Å². The lowest BCUT2D eigenvalue weighted by molar-refractivity contribution is -0.123. The smallest absolute Gasteiger partial charge is 0.266 e. The largest absolute Gasteiger partial charge is 0.495 e. The van der Waals surface area contributed by atoms with Crippen LogP contribution in [0.4, 0.5) is 0 Å². The minimum atomic E-state index is -0.0707. The quantitative estimate of drug-likeness (QED) is 0.453. The van der Waals surface area contributed by atoms with Crippen LogP contribution in [0, 0.1) is 0 Å². The van der Waals surface area contributed by atoms with Crippen molar-refractivity contribution in [1.29, 1.82) is 0 Å². The third-order valence-electron chi connectivity index (χ3n) is 3.81. The summed E-state index contributed by atoms with van der Waals surface area (Å²) in [6.07, 6.45) is 3.92. The third kappa shape index (κ3) is 3.88. The molecule has 2 aliphatic rings. The molecule has 0 aliphatic carbocycles. The third-order valence-corrected chi connectivity index (χ3v) is 6.24. The maximum atomic E-state index is 12.7. The van der Waals surface area contributed by atoms with Crippen LogP contribution in [-0.4, -0.2) is 41.5 Å². The second-order valence-corrected chi connectivity index (χ2v) is 8.88. The molecule has 0 bridgehead atoms. The zero-order valence-corrected chi connectivity index (χ0v) is 17.7. The number of rotatable bonds is 4. The topological polar surface area (TPSA) is 38.8 Å². The molecule has 1 amide bonds. The molecule has 0 unspecified atom stereocenters. The second kappa shape index (κ2) is 7.86. The zero-order valence-electron chi connectivity index (χ0n) is 12.9. The molecule has 0 saturated carbocycles. The predicted octanol–water partition coefficient (Wildman–Crippen LogP) is 4.60. The molecule has 0 aromatic heterocycles. The Hall–Kier alpha value is -0.410. The first-order valence-electron chi connectivity index (χ1n) is 7.39. The molecule has 0 radical (unpaired) electrons. The highest BCUT2D eigenvalue weighted by Gasteiger charge is 2.34. The number of benzene rings is 1. The first-order valence-corrected chi connectivity index (χ1v) is 10.2. The summed E-state index contributed by atoms with van der Waals surface area (Å²) in [5, 5.41) is 0. The monoisotopic (exact) mass is 491 g/mol. The predicted molar refractivity (Wildman–Crippen MR) is 107 cm³/mol. The number of thiocarbonyl (C=S) groups is 1. The van der Waals surface area contributed by atoms with E-state index < -0.39 is 0 Å². The van der Waals surface area contributed by atoms with Crippen LogP contribution in [0.15, 0.2) is 26.0 Å². The molecule has 3 rings (SSSR count). The van der Waals surface area contributed by atoms with E-state index in [-0.39, 0.29) is 12.0 Å². The van der Waals surface area contributed by atoms with Crippen LogP contribution < -0.4 is 4.74 Å². The molecule has 24 heavy (non-hydrogen) atoms. The summed E-state index contributed by atoms with van der Waals surface area (Å²) in [6, 6.07) is 3.81. The average molecular weight is 493 g/mol. The number of thioether (sulfide) groups is 1. The lowest BCUT2D eigenvalue weighted by Crippen LogP contribution is -2.35. The fraction of sp³-hybridized carbons (Fsp3) is 0.375. The van der Waals surface area contributed by atoms with E-state index in [1.165, 1.54) is 11.8 Å². The van der Waals surface area contributed by atoms with Crippen LogP contribution in [0.1, 0.15) is 18.4 Å². The van der Waals surface area contributed by atoms with Crippen molar-refractivity contribution >= 4 is 72.1 Å². The molecule has 8 heteroatoms. The van der Waals surface area contributed by atoms with Gasteiger partial charge < -0.3 is 9.47 Å². The SMILES string of the molecule is COc1c(Br)cc(Br)cc1/C=C1\SC(=S)N(C[C@@H]2CCCO2)C1=O. The van der Waals surface area contributed by atoms with E-state index in [4.69, 9.17) is 21.7 Å². The van der Waals surface area contributed by atoms with Gasteiger partial charge in [0.25, 0.3) is 5.91 Å². The summed E-state index contributed by atoms with van der Waals surface area (Å²) in [7, 11) is 1.61. The molecule has 4 nitrogen and oxygen atoms in total. The number of carbonyl (C=O) groups is 1. The first-order chi connectivity index (χ1) is 11.5. The Balaban J connectivity index is 1.86. The summed E-state index contributed by atoms with van der Waals surface area (Å²) >= 11 is 13.6. The van der Waals surface area contributed by atoms with Crippen molar-refractivity contribution in [1.82, 2.24) is 4.90 Å². The van der Waals surface area contributed by atoms with E-state index in [2.05, 4.69) is 31.9 Å². The highest BCUT2D eigenvalue weighted by Crippen LogP contribution is 2.38. The summed E-state index contributed by atoms with van der Waals surface area (Å²) in [5.41, 5.74) is 0.816. The van der Waals surface area contributed by atoms with Gasteiger partial charge in [0.2, 0.25) is 0 Å². The van der Waals surface area contributed by atoms with E-state index in [1.54, 1.807) is 12.0 Å². The Morgan fingerprint density at radius 3 is 2.96 bits per heavy atom. The van der Waals surface area contributed by atoms with Gasteiger partial charge >= 0.3 is 0 Å². The van der Waals surface area contributed by atoms with Crippen LogP contribution in [0.3, 0.4) is 0 Å². The van der Waals surface area contributed by atoms with Gasteiger partial charge in [-0.2, -0.15) is 0 Å². The minimum Gasteiger partial charge on any atom is -0.495 e. The second-order valence-electron chi connectivity index (χ2n) is 5.44. The molecule has 128 valence electrons. The molecule has 2 fully saturated rings. The molecule has 2 heterocycles. The minimum absolute atomic E-state index is 0.0707. The number of methoxy groups -OCH3 is 1. The number of nitrogens with zero attached hydrogens (tertiary/aromatic N) is 1. The van der Waals surface area contributed by atoms with Crippen molar-refractivity contribution in [3.8, 4) is 5.75 Å². The molecule has 1 aromatic rings. The molecule has 2 saturated heterocycles. The summed E-state index contributed by atoms with van der Waals surface area (Å²) < 4.78 is 13.4. The van der Waals surface area contributed by atoms with E-state index >= 15 is 0 Å². The van der Waals surface area contributed by atoms with Crippen LogP contribution in [0.5, 0.6) is 5.75 Å². The Kier molecular flexibility index (Phi) is 6.02. The number of ether oxygens (including phenoxy) is 2.